The molecule has 0 saturated carbocycles. The summed E-state index contributed by atoms with van der Waals surface area (Å²) in [6, 6.07) is 38.9. The van der Waals surface area contributed by atoms with Crippen LogP contribution in [0.5, 0.6) is 0 Å². The molecule has 1 amide bonds. The van der Waals surface area contributed by atoms with E-state index in [1.54, 1.807) is 24.3 Å². The number of morpholine rings is 1. The molecule has 292 valence electrons. The number of sulfonamides is 1. The van der Waals surface area contributed by atoms with Crippen LogP contribution in [-0.4, -0.2) is 69.3 Å². The van der Waals surface area contributed by atoms with E-state index in [9.17, 15) is 18.3 Å². The smallest absolute Gasteiger partial charge is 0.241 e. The Balaban J connectivity index is 1.03. The van der Waals surface area contributed by atoms with Crippen LogP contribution in [-0.2, 0) is 48.6 Å². The van der Waals surface area contributed by atoms with Crippen molar-refractivity contribution in [3.63, 3.8) is 0 Å². The molecule has 0 unspecified atom stereocenters. The number of carbonyl (C=O) groups excluding carboxylic acids is 1. The molecule has 11 heteroatoms. The van der Waals surface area contributed by atoms with Gasteiger partial charge in [0.05, 0.1) is 36.9 Å². The van der Waals surface area contributed by atoms with Gasteiger partial charge in [-0.25, -0.2) is 8.42 Å². The number of aliphatic hydroxyl groups is 1. The fourth-order valence-electron chi connectivity index (χ4n) is 7.12. The Hall–Kier alpha value is -4.72. The maximum atomic E-state index is 13.6. The van der Waals surface area contributed by atoms with Crippen LogP contribution >= 0.6 is 0 Å². The van der Waals surface area contributed by atoms with Gasteiger partial charge in [-0.15, -0.1) is 0 Å². The Morgan fingerprint density at radius 3 is 2.20 bits per heavy atom. The van der Waals surface area contributed by atoms with E-state index >= 15 is 0 Å². The molecule has 56 heavy (non-hydrogen) atoms. The van der Waals surface area contributed by atoms with Crippen LogP contribution in [0, 0.1) is 6.92 Å². The van der Waals surface area contributed by atoms with E-state index in [1.807, 2.05) is 110 Å². The molecule has 0 aliphatic carbocycles. The summed E-state index contributed by atoms with van der Waals surface area (Å²) in [5.74, 6) is -0.415. The number of aliphatic hydroxyl groups excluding tert-OH is 1. The van der Waals surface area contributed by atoms with Crippen LogP contribution in [0.15, 0.2) is 132 Å². The summed E-state index contributed by atoms with van der Waals surface area (Å²) < 4.78 is 48.0. The predicted molar refractivity (Wildman–Crippen MR) is 215 cm³/mol. The van der Waals surface area contributed by atoms with Gasteiger partial charge >= 0.3 is 0 Å². The first kappa shape index (κ1) is 39.5. The minimum Gasteiger partial charge on any atom is -0.392 e. The molecule has 3 N–H and O–H groups in total. The Bertz CT molecular complexity index is 2140. The van der Waals surface area contributed by atoms with Crippen LogP contribution in [0.25, 0.3) is 11.1 Å². The normalized spacial score (nSPS) is 19.6. The first-order chi connectivity index (χ1) is 27.2. The van der Waals surface area contributed by atoms with Crippen molar-refractivity contribution in [2.75, 3.05) is 32.8 Å². The molecule has 5 aromatic rings. The van der Waals surface area contributed by atoms with E-state index in [2.05, 4.69) is 14.9 Å². The number of hydrogen-bond donors (Lipinski definition) is 3. The van der Waals surface area contributed by atoms with Gasteiger partial charge in [0.2, 0.25) is 15.9 Å². The van der Waals surface area contributed by atoms with Gasteiger partial charge < -0.3 is 24.6 Å². The predicted octanol–water partition coefficient (Wildman–Crippen LogP) is 6.24. The molecule has 2 aliphatic rings. The van der Waals surface area contributed by atoms with E-state index in [1.165, 1.54) is 0 Å². The van der Waals surface area contributed by atoms with Crippen molar-refractivity contribution in [1.29, 1.82) is 0 Å². The van der Waals surface area contributed by atoms with Crippen LogP contribution in [0.2, 0.25) is 0 Å². The topological polar surface area (TPSA) is 126 Å². The molecule has 2 saturated heterocycles. The van der Waals surface area contributed by atoms with E-state index in [0.717, 1.165) is 83.8 Å². The number of nitrogens with one attached hydrogen (secondary N) is 2. The second kappa shape index (κ2) is 18.5. The number of amides is 1. The van der Waals surface area contributed by atoms with E-state index < -0.39 is 28.3 Å². The molecule has 0 aromatic heterocycles. The summed E-state index contributed by atoms with van der Waals surface area (Å²) in [5, 5.41) is 12.5. The lowest BCUT2D eigenvalue weighted by Crippen LogP contribution is -2.47. The van der Waals surface area contributed by atoms with E-state index in [-0.39, 0.29) is 36.7 Å². The lowest BCUT2D eigenvalue weighted by Gasteiger charge is -2.39. The first-order valence-electron chi connectivity index (χ1n) is 19.1. The fourth-order valence-corrected chi connectivity index (χ4v) is 8.32. The van der Waals surface area contributed by atoms with Crippen molar-refractivity contribution in [2.24, 2.45) is 0 Å². The largest absolute Gasteiger partial charge is 0.392 e. The molecule has 2 heterocycles. The third kappa shape index (κ3) is 10.4. The highest BCUT2D eigenvalue weighted by molar-refractivity contribution is 7.89. The molecule has 0 radical (unpaired) electrons. The third-order valence-electron chi connectivity index (χ3n) is 10.3. The van der Waals surface area contributed by atoms with Crippen molar-refractivity contribution in [1.82, 2.24) is 14.9 Å². The van der Waals surface area contributed by atoms with Gasteiger partial charge in [0.15, 0.2) is 6.29 Å². The van der Waals surface area contributed by atoms with Gasteiger partial charge in [0.25, 0.3) is 0 Å². The minimum absolute atomic E-state index is 0.00476. The average molecular weight is 776 g/mol. The van der Waals surface area contributed by atoms with Crippen molar-refractivity contribution in [2.45, 2.75) is 62.4 Å². The Morgan fingerprint density at radius 1 is 0.786 bits per heavy atom. The van der Waals surface area contributed by atoms with Gasteiger partial charge in [-0.05, 0) is 64.9 Å². The number of ether oxygens (including phenoxy) is 3. The van der Waals surface area contributed by atoms with Gasteiger partial charge in [0, 0.05) is 38.2 Å². The zero-order valence-corrected chi connectivity index (χ0v) is 32.4. The van der Waals surface area contributed by atoms with Crippen LogP contribution in [0.1, 0.15) is 52.2 Å². The molecule has 7 rings (SSSR count). The number of aryl methyl sites for hydroxylation is 1. The minimum atomic E-state index is -3.95. The molecule has 0 bridgehead atoms. The van der Waals surface area contributed by atoms with E-state index in [0.29, 0.717) is 0 Å². The van der Waals surface area contributed by atoms with E-state index in [4.69, 9.17) is 14.2 Å². The Kier molecular flexibility index (Phi) is 13.0. The number of rotatable bonds is 14. The molecule has 5 aromatic carbocycles. The molecular weight excluding hydrogens is 727 g/mol. The van der Waals surface area contributed by atoms with Crippen molar-refractivity contribution in [3.05, 3.63) is 161 Å². The van der Waals surface area contributed by atoms with Crippen molar-refractivity contribution < 1.29 is 32.5 Å². The summed E-state index contributed by atoms with van der Waals surface area (Å²) in [6.45, 7) is 6.09. The van der Waals surface area contributed by atoms with Gasteiger partial charge in [-0.3, -0.25) is 9.69 Å². The number of nitrogens with zero attached hydrogens (tertiary/aromatic N) is 1. The summed E-state index contributed by atoms with van der Waals surface area (Å²) in [7, 11) is -3.95. The number of hydrogen-bond acceptors (Lipinski definition) is 8. The lowest BCUT2D eigenvalue weighted by molar-refractivity contribution is -0.253. The molecule has 2 aliphatic heterocycles. The van der Waals surface area contributed by atoms with Gasteiger partial charge in [-0.2, -0.15) is 4.72 Å². The molecular formula is C45H49N3O7S. The van der Waals surface area contributed by atoms with Crippen molar-refractivity contribution in [3.8, 4) is 11.1 Å². The zero-order chi connectivity index (χ0) is 38.9. The Labute approximate surface area is 329 Å². The number of benzene rings is 5. The van der Waals surface area contributed by atoms with Crippen LogP contribution < -0.4 is 10.0 Å². The van der Waals surface area contributed by atoms with Gasteiger partial charge in [-0.1, -0.05) is 115 Å². The standard InChI is InChI=1S/C45H49N3O7S/c1-32-10-20-41(21-11-32)56(51,52)47-42(27-33-6-3-2-4-7-33)44(50)46-29-35-8-5-9-39(26-35)36-16-18-38(19-17-36)45-54-40(30-48-22-24-53-25-23-48)28-43(55-45)37-14-12-34(31-49)13-15-37/h2-21,26,40,42-43,45,47,49H,22-25,27-31H2,1H3,(H,46,50)/t40-,42-,43+,45+/m1/s1. The third-order valence-corrected chi connectivity index (χ3v) is 11.8. The highest BCUT2D eigenvalue weighted by Crippen LogP contribution is 2.39. The Morgan fingerprint density at radius 2 is 1.48 bits per heavy atom. The maximum Gasteiger partial charge on any atom is 0.241 e. The summed E-state index contributed by atoms with van der Waals surface area (Å²) >= 11 is 0. The summed E-state index contributed by atoms with van der Waals surface area (Å²) in [5.41, 5.74) is 7.45. The van der Waals surface area contributed by atoms with Crippen LogP contribution in [0.3, 0.4) is 0 Å². The molecule has 0 spiro atoms. The monoisotopic (exact) mass is 775 g/mol. The lowest BCUT2D eigenvalue weighted by atomic mass is 9.99. The fraction of sp³-hybridized carbons (Fsp3) is 0.311. The second-order valence-electron chi connectivity index (χ2n) is 14.5. The SMILES string of the molecule is Cc1ccc(S(=O)(=O)N[C@H](Cc2ccccc2)C(=O)NCc2cccc(-c3ccc([C@H]4O[C@@H](CN5CCOCC5)C[C@@H](c5ccc(CO)cc5)O4)cc3)c2)cc1. The van der Waals surface area contributed by atoms with Crippen molar-refractivity contribution >= 4 is 15.9 Å². The van der Waals surface area contributed by atoms with Crippen LogP contribution in [0.4, 0.5) is 0 Å². The maximum absolute atomic E-state index is 13.6. The quantitative estimate of drug-likeness (QED) is 0.121. The first-order valence-corrected chi connectivity index (χ1v) is 20.6. The highest BCUT2D eigenvalue weighted by Gasteiger charge is 2.33. The van der Waals surface area contributed by atoms with Gasteiger partial charge in [0.1, 0.15) is 6.04 Å². The number of carbonyl (C=O) groups is 1. The molecule has 10 nitrogen and oxygen atoms in total. The average Bonchev–Trinajstić information content (AvgIpc) is 3.23. The summed E-state index contributed by atoms with van der Waals surface area (Å²) in [4.78, 5) is 16.1. The second-order valence-corrected chi connectivity index (χ2v) is 16.2. The highest BCUT2D eigenvalue weighted by atomic mass is 32.2. The molecule has 2 fully saturated rings. The summed E-state index contributed by atoms with van der Waals surface area (Å²) in [6.07, 6.45) is 0.165. The molecule has 4 atom stereocenters. The zero-order valence-electron chi connectivity index (χ0n) is 31.5.